The van der Waals surface area contributed by atoms with Crippen LogP contribution in [0.5, 0.6) is 0 Å². The first-order chi connectivity index (χ1) is 57.8. The summed E-state index contributed by atoms with van der Waals surface area (Å²) in [5.74, 6) is -1.56. The number of rotatable bonds is 15. The fourth-order valence-corrected chi connectivity index (χ4v) is 16.0. The summed E-state index contributed by atoms with van der Waals surface area (Å²) in [6.45, 7) is 11.3. The van der Waals surface area contributed by atoms with Crippen LogP contribution in [0.25, 0.3) is 0 Å². The van der Waals surface area contributed by atoms with Crippen LogP contribution in [0.3, 0.4) is 0 Å². The highest BCUT2D eigenvalue weighted by Gasteiger charge is 2.36. The molecule has 3 atom stereocenters. The van der Waals surface area contributed by atoms with Crippen LogP contribution in [0, 0.1) is 11.6 Å². The van der Waals surface area contributed by atoms with Crippen molar-refractivity contribution in [2.24, 2.45) is 39.9 Å². The number of ether oxygens (including phenoxy) is 1. The van der Waals surface area contributed by atoms with E-state index in [0.717, 1.165) is 140 Å². The summed E-state index contributed by atoms with van der Waals surface area (Å²) in [4.78, 5) is 107. The Labute approximate surface area is 689 Å². The van der Waals surface area contributed by atoms with Gasteiger partial charge in [0.05, 0.1) is 114 Å². The monoisotopic (exact) mass is 1600 g/mol. The van der Waals surface area contributed by atoms with E-state index in [4.69, 9.17) is 26.3 Å². The third-order valence-electron chi connectivity index (χ3n) is 21.9. The molecule has 0 radical (unpaired) electrons. The van der Waals surface area contributed by atoms with E-state index in [1.165, 1.54) is 23.8 Å². The molecule has 0 unspecified atom stereocenters. The van der Waals surface area contributed by atoms with Crippen LogP contribution in [0.1, 0.15) is 152 Å². The number of halogens is 3. The molecule has 0 saturated carbocycles. The maximum absolute atomic E-state index is 14.0. The number of carbonyl (C=O) groups excluding carboxylic acids is 4. The molecule has 4 aromatic heterocycles. The summed E-state index contributed by atoms with van der Waals surface area (Å²) in [7, 11) is 0. The molecule has 1 saturated heterocycles. The number of hydrogen-bond acceptors (Lipinski definition) is 18. The second kappa shape index (κ2) is 33.6. The molecular weight excluding hydrogens is 1520 g/mol. The van der Waals surface area contributed by atoms with Gasteiger partial charge in [0.25, 0.3) is 23.6 Å². The highest BCUT2D eigenvalue weighted by atomic mass is 35.5. The number of fused-ring (bicyclic) bond motifs is 8. The lowest BCUT2D eigenvalue weighted by atomic mass is 9.97. The average molecular weight is 1600 g/mol. The van der Waals surface area contributed by atoms with Gasteiger partial charge in [0.2, 0.25) is 0 Å². The maximum atomic E-state index is 14.0. The second-order valence-corrected chi connectivity index (χ2v) is 31.1. The van der Waals surface area contributed by atoms with E-state index >= 15 is 0 Å². The van der Waals surface area contributed by atoms with Crippen LogP contribution in [-0.4, -0.2) is 131 Å². The minimum atomic E-state index is -0.946. The summed E-state index contributed by atoms with van der Waals surface area (Å²) >= 11 is 5.86. The van der Waals surface area contributed by atoms with Gasteiger partial charge in [-0.05, 0) is 174 Å². The maximum Gasteiger partial charge on any atom is 0.269 e. The molecule has 4 amide bonds. The zero-order valence-corrected chi connectivity index (χ0v) is 66.2. The van der Waals surface area contributed by atoms with Gasteiger partial charge in [0, 0.05) is 138 Å². The number of nitrogens with zero attached hydrogens (tertiary/aromatic N) is 13. The lowest BCUT2D eigenvalue weighted by Crippen LogP contribution is -2.46. The Bertz CT molecular complexity index is 6170. The molecule has 13 heterocycles. The van der Waals surface area contributed by atoms with Gasteiger partial charge in [-0.15, -0.1) is 0 Å². The van der Waals surface area contributed by atoms with Crippen molar-refractivity contribution in [2.75, 3.05) is 26.3 Å². The van der Waals surface area contributed by atoms with Gasteiger partial charge in [0.15, 0.2) is 0 Å². The first-order valence-electron chi connectivity index (χ1n) is 39.3. The van der Waals surface area contributed by atoms with Crippen molar-refractivity contribution in [2.45, 2.75) is 103 Å². The number of aliphatic imine (C=N–C) groups is 8. The smallest absolute Gasteiger partial charge is 0.269 e. The molecule has 7 aromatic carbocycles. The molecule has 9 aliphatic heterocycles. The molecule has 20 rings (SSSR count). The largest absolute Gasteiger partial charge is 0.389 e. The number of carbonyl (C=O) groups is 4. The number of morpholine rings is 1. The van der Waals surface area contributed by atoms with Gasteiger partial charge in [-0.3, -0.25) is 59.1 Å². The Balaban J connectivity index is 0.000000114. The topological polar surface area (TPSA) is 288 Å². The molecule has 4 N–H and O–H groups in total. The molecule has 119 heavy (non-hydrogen) atoms. The summed E-state index contributed by atoms with van der Waals surface area (Å²) in [6.07, 6.45) is 16.1. The first kappa shape index (κ1) is 78.0. The van der Waals surface area contributed by atoms with E-state index in [9.17, 15) is 33.1 Å². The average Bonchev–Trinajstić information content (AvgIpc) is 1.63. The van der Waals surface area contributed by atoms with E-state index < -0.39 is 17.5 Å². The molecule has 25 heteroatoms. The summed E-state index contributed by atoms with van der Waals surface area (Å²) in [5.41, 5.74) is 27.5. The molecule has 1 fully saturated rings. The van der Waals surface area contributed by atoms with E-state index in [-0.39, 0.29) is 53.1 Å². The molecule has 9 aliphatic rings. The number of pyridine rings is 4. The van der Waals surface area contributed by atoms with Crippen LogP contribution >= 0.6 is 11.6 Å². The van der Waals surface area contributed by atoms with Crippen molar-refractivity contribution in [3.8, 4) is 0 Å². The Kier molecular flexibility index (Phi) is 22.0. The number of amides is 4. The highest BCUT2D eigenvalue weighted by Crippen LogP contribution is 2.40. The van der Waals surface area contributed by atoms with Crippen molar-refractivity contribution >= 4 is 104 Å². The Hall–Kier alpha value is -13.6. The fourth-order valence-electron chi connectivity index (χ4n) is 15.8. The molecule has 22 nitrogen and oxygen atoms in total. The summed E-state index contributed by atoms with van der Waals surface area (Å²) < 4.78 is 33.1. The van der Waals surface area contributed by atoms with E-state index in [1.54, 1.807) is 94.6 Å². The van der Waals surface area contributed by atoms with Gasteiger partial charge in [-0.2, -0.15) is 0 Å². The van der Waals surface area contributed by atoms with Crippen LogP contribution < -0.4 is 16.0 Å². The van der Waals surface area contributed by atoms with Crippen molar-refractivity contribution < 1.29 is 37.8 Å². The van der Waals surface area contributed by atoms with Gasteiger partial charge in [0.1, 0.15) is 34.5 Å². The summed E-state index contributed by atoms with van der Waals surface area (Å²) in [6, 6.07) is 52.3. The number of hydrogen-bond donors (Lipinski definition) is 4. The molecule has 0 aliphatic carbocycles. The Morgan fingerprint density at radius 1 is 0.471 bits per heavy atom. The SMILES string of the molecule is CC(C)(O)CNC(=O)C1=Nc2cc3c(cc2C1)CN=C3c1ccncc1.C[C@@H](NC(=O)C1=Nc2cc3c(cc2C1)CN=C3c1ccncc1)c1ccc(F)c(Cl)c1.C[C@@H](NC(=O)C1=Nc2cc3c(cc2C1)CN=C3c1ccncc1)c1ccccc1F.O=C(C1=Nc2cc3c(cc2C1)CN=C3c1ccncc1)N1CCOC[C@@H]1c1ccccc1. The van der Waals surface area contributed by atoms with Crippen molar-refractivity contribution in [3.63, 3.8) is 0 Å². The molecule has 0 spiro atoms. The van der Waals surface area contributed by atoms with Gasteiger partial charge in [-0.25, -0.2) is 28.8 Å². The lowest BCUT2D eigenvalue weighted by molar-refractivity contribution is -0.133. The van der Waals surface area contributed by atoms with E-state index in [2.05, 4.69) is 108 Å². The molecule has 0 bridgehead atoms. The quantitative estimate of drug-likeness (QED) is 0.0752. The second-order valence-electron chi connectivity index (χ2n) is 30.7. The van der Waals surface area contributed by atoms with Gasteiger partial charge in [-0.1, -0.05) is 90.5 Å². The predicted molar refractivity (Wildman–Crippen MR) is 455 cm³/mol. The Morgan fingerprint density at radius 2 is 0.857 bits per heavy atom. The van der Waals surface area contributed by atoms with Crippen molar-refractivity contribution in [1.29, 1.82) is 0 Å². The first-order valence-corrected chi connectivity index (χ1v) is 39.7. The Morgan fingerprint density at radius 3 is 1.27 bits per heavy atom. The standard InChI is InChI=1S/C26H22N4O2.C24H18ClFN4O.C24H19FN4O.C20H20N4O2/c31-26(30-10-11-32-16-24(30)17-4-2-1-3-5-17)23-13-19-12-20-15-28-25(18-6-8-27-9-7-18)21(20)14-22(19)29-23;1-13(15-2-3-20(26)19(25)9-15)29-24(31)22-10-16-8-17-12-28-23(14-4-6-27-7-5-14)18(17)11-21(16)30-22;1-14(18-4-2-3-5-20(18)25)28-24(30)22-11-16-10-17-13-27-23(15-6-8-26-9-7-15)19(17)12-21(16)29-22;1-20(2,26)11-23-19(25)17-8-13-7-14-10-22-18(12-3-5-21-6-4-12)15(14)9-16(13)24-17/h1-9,12,14,24H,10-11,13,15-16H2;2-9,11,13H,10,12H2,1H3,(H,29,31);2-10,12,14H,11,13H2,1H3,(H,28,30);3-7,9,26H,8,10-11H2,1-2H3,(H,23,25)/t24-;13-;14-;/m111./s1. The zero-order valence-electron chi connectivity index (χ0n) is 65.4. The van der Waals surface area contributed by atoms with Gasteiger partial charge < -0.3 is 30.7 Å². The van der Waals surface area contributed by atoms with Crippen LogP contribution in [0.15, 0.2) is 259 Å². The number of aliphatic hydroxyl groups is 1. The number of aromatic nitrogens is 4. The highest BCUT2D eigenvalue weighted by molar-refractivity contribution is 6.43. The fraction of sp³-hybridized carbons (Fsp3) is 0.213. The van der Waals surface area contributed by atoms with E-state index in [1.807, 2.05) is 96.8 Å². The van der Waals surface area contributed by atoms with Crippen LogP contribution in [0.2, 0.25) is 5.02 Å². The summed E-state index contributed by atoms with van der Waals surface area (Å²) in [5, 5.41) is 18.3. The minimum Gasteiger partial charge on any atom is -0.389 e. The lowest BCUT2D eigenvalue weighted by Gasteiger charge is -2.36. The normalized spacial score (nSPS) is 16.2. The third kappa shape index (κ3) is 16.8. The van der Waals surface area contributed by atoms with Crippen LogP contribution in [0.4, 0.5) is 31.5 Å². The van der Waals surface area contributed by atoms with E-state index in [0.29, 0.717) is 100 Å². The van der Waals surface area contributed by atoms with Crippen LogP contribution in [-0.2, 0) is 75.8 Å². The molecule has 11 aromatic rings. The van der Waals surface area contributed by atoms with Crippen molar-refractivity contribution in [1.82, 2.24) is 40.8 Å². The molecular formula is C94H79ClF2N16O6. The minimum absolute atomic E-state index is 0.00142. The number of benzene rings is 7. The van der Waals surface area contributed by atoms with Crippen molar-refractivity contribution in [3.05, 3.63) is 342 Å². The molecule has 592 valence electrons. The predicted octanol–water partition coefficient (Wildman–Crippen LogP) is 14.4. The van der Waals surface area contributed by atoms with Gasteiger partial charge >= 0.3 is 0 Å². The zero-order chi connectivity index (χ0) is 82.0. The third-order valence-corrected chi connectivity index (χ3v) is 22.2. The number of nitrogens with one attached hydrogen (secondary N) is 3.